The van der Waals surface area contributed by atoms with E-state index in [4.69, 9.17) is 5.73 Å². The van der Waals surface area contributed by atoms with Gasteiger partial charge in [-0.25, -0.2) is 4.68 Å². The summed E-state index contributed by atoms with van der Waals surface area (Å²) in [4.78, 5) is 0. The van der Waals surface area contributed by atoms with Crippen LogP contribution in [-0.4, -0.2) is 15.0 Å². The van der Waals surface area contributed by atoms with Crippen LogP contribution < -0.4 is 5.73 Å². The molecule has 0 radical (unpaired) electrons. The maximum Gasteiger partial charge on any atom is 0.102 e. The highest BCUT2D eigenvalue weighted by atomic mass is 15.4. The number of aromatic nitrogens is 3. The molecule has 4 heteroatoms. The van der Waals surface area contributed by atoms with E-state index >= 15 is 0 Å². The zero-order chi connectivity index (χ0) is 12.4. The van der Waals surface area contributed by atoms with Gasteiger partial charge in [0.25, 0.3) is 0 Å². The third-order valence-electron chi connectivity index (χ3n) is 2.96. The molecule has 17 heavy (non-hydrogen) atoms. The highest BCUT2D eigenvalue weighted by Gasteiger charge is 2.14. The summed E-state index contributed by atoms with van der Waals surface area (Å²) in [5.74, 6) is 0. The Bertz CT molecular complexity index is 514. The standard InChI is InChI=1S/C13H18N4/c1-4-11-7-5-6-8-12(11)17-10(3)13(9(2)14)15-16-17/h5-9H,4,14H2,1-3H3. The van der Waals surface area contributed by atoms with E-state index in [0.29, 0.717) is 0 Å². The Morgan fingerprint density at radius 3 is 2.65 bits per heavy atom. The summed E-state index contributed by atoms with van der Waals surface area (Å²) in [5.41, 5.74) is 10.1. The van der Waals surface area contributed by atoms with Crippen molar-refractivity contribution < 1.29 is 0 Å². The highest BCUT2D eigenvalue weighted by molar-refractivity contribution is 5.41. The molecule has 1 unspecified atom stereocenters. The van der Waals surface area contributed by atoms with Gasteiger partial charge in [0.05, 0.1) is 11.4 Å². The van der Waals surface area contributed by atoms with Crippen molar-refractivity contribution in [3.8, 4) is 5.69 Å². The Hall–Kier alpha value is -1.68. The molecule has 1 aromatic heterocycles. The van der Waals surface area contributed by atoms with E-state index in [1.807, 2.05) is 30.7 Å². The van der Waals surface area contributed by atoms with Crippen LogP contribution in [0.15, 0.2) is 24.3 Å². The van der Waals surface area contributed by atoms with Crippen molar-refractivity contribution in [3.63, 3.8) is 0 Å². The third kappa shape index (κ3) is 2.08. The number of hydrogen-bond acceptors (Lipinski definition) is 3. The maximum absolute atomic E-state index is 5.86. The summed E-state index contributed by atoms with van der Waals surface area (Å²) in [6.45, 7) is 6.07. The van der Waals surface area contributed by atoms with Crippen molar-refractivity contribution >= 4 is 0 Å². The molecule has 0 spiro atoms. The van der Waals surface area contributed by atoms with Gasteiger partial charge in [0.1, 0.15) is 5.69 Å². The van der Waals surface area contributed by atoms with Gasteiger partial charge in [-0.3, -0.25) is 0 Å². The topological polar surface area (TPSA) is 56.7 Å². The largest absolute Gasteiger partial charge is 0.323 e. The molecule has 1 aromatic carbocycles. The molecule has 4 nitrogen and oxygen atoms in total. The van der Waals surface area contributed by atoms with E-state index in [9.17, 15) is 0 Å². The van der Waals surface area contributed by atoms with Crippen LogP contribution in [0.25, 0.3) is 5.69 Å². The predicted molar refractivity (Wildman–Crippen MR) is 68.1 cm³/mol. The molecule has 0 aliphatic carbocycles. The molecule has 0 fully saturated rings. The molecule has 90 valence electrons. The molecule has 1 heterocycles. The second-order valence-electron chi connectivity index (χ2n) is 4.24. The first-order chi connectivity index (χ1) is 8.15. The molecule has 0 saturated heterocycles. The lowest BCUT2D eigenvalue weighted by Gasteiger charge is -2.09. The highest BCUT2D eigenvalue weighted by Crippen LogP contribution is 2.19. The van der Waals surface area contributed by atoms with Gasteiger partial charge >= 0.3 is 0 Å². The molecule has 0 bridgehead atoms. The van der Waals surface area contributed by atoms with Gasteiger partial charge in [-0.1, -0.05) is 30.3 Å². The molecule has 0 amide bonds. The average molecular weight is 230 g/mol. The Morgan fingerprint density at radius 2 is 2.06 bits per heavy atom. The van der Waals surface area contributed by atoms with Gasteiger partial charge in [0.2, 0.25) is 0 Å². The first-order valence-electron chi connectivity index (χ1n) is 5.91. The third-order valence-corrected chi connectivity index (χ3v) is 2.96. The second kappa shape index (κ2) is 4.67. The summed E-state index contributed by atoms with van der Waals surface area (Å²) < 4.78 is 1.87. The van der Waals surface area contributed by atoms with E-state index in [1.54, 1.807) is 0 Å². The van der Waals surface area contributed by atoms with Gasteiger partial charge in [-0.2, -0.15) is 0 Å². The van der Waals surface area contributed by atoms with Crippen LogP contribution in [0.1, 0.15) is 36.8 Å². The van der Waals surface area contributed by atoms with Crippen LogP contribution in [0.3, 0.4) is 0 Å². The minimum atomic E-state index is -0.0856. The Labute approximate surface area is 101 Å². The van der Waals surface area contributed by atoms with E-state index in [2.05, 4.69) is 29.4 Å². The molecule has 0 saturated carbocycles. The van der Waals surface area contributed by atoms with Gasteiger partial charge in [0.15, 0.2) is 0 Å². The molecule has 0 aliphatic rings. The van der Waals surface area contributed by atoms with Crippen molar-refractivity contribution in [2.24, 2.45) is 5.73 Å². The SMILES string of the molecule is CCc1ccccc1-n1nnc(C(C)N)c1C. The van der Waals surface area contributed by atoms with Crippen LogP contribution in [0.4, 0.5) is 0 Å². The van der Waals surface area contributed by atoms with Gasteiger partial charge in [-0.05, 0) is 31.9 Å². The second-order valence-corrected chi connectivity index (χ2v) is 4.24. The Morgan fingerprint density at radius 1 is 1.35 bits per heavy atom. The van der Waals surface area contributed by atoms with Gasteiger partial charge in [-0.15, -0.1) is 5.10 Å². The first kappa shape index (κ1) is 11.8. The average Bonchev–Trinajstić information content (AvgIpc) is 2.71. The molecular formula is C13H18N4. The molecular weight excluding hydrogens is 212 g/mol. The minimum absolute atomic E-state index is 0.0856. The molecule has 2 N–H and O–H groups in total. The number of benzene rings is 1. The van der Waals surface area contributed by atoms with Crippen LogP contribution in [0.5, 0.6) is 0 Å². The summed E-state index contributed by atoms with van der Waals surface area (Å²) >= 11 is 0. The summed E-state index contributed by atoms with van der Waals surface area (Å²) in [7, 11) is 0. The van der Waals surface area contributed by atoms with Gasteiger partial charge < -0.3 is 5.73 Å². The number of para-hydroxylation sites is 1. The number of rotatable bonds is 3. The fourth-order valence-corrected chi connectivity index (χ4v) is 2.01. The fraction of sp³-hybridized carbons (Fsp3) is 0.385. The number of aryl methyl sites for hydroxylation is 1. The lowest BCUT2D eigenvalue weighted by atomic mass is 10.1. The van der Waals surface area contributed by atoms with Crippen LogP contribution in [0.2, 0.25) is 0 Å². The molecule has 2 rings (SSSR count). The zero-order valence-corrected chi connectivity index (χ0v) is 10.5. The smallest absolute Gasteiger partial charge is 0.102 e. The van der Waals surface area contributed by atoms with E-state index in [-0.39, 0.29) is 6.04 Å². The quantitative estimate of drug-likeness (QED) is 0.879. The summed E-state index contributed by atoms with van der Waals surface area (Å²) in [5, 5.41) is 8.36. The van der Waals surface area contributed by atoms with Crippen molar-refractivity contribution in [1.29, 1.82) is 0 Å². The van der Waals surface area contributed by atoms with Crippen LogP contribution in [0, 0.1) is 6.92 Å². The van der Waals surface area contributed by atoms with Crippen molar-refractivity contribution in [2.75, 3.05) is 0 Å². The number of nitrogens with zero attached hydrogens (tertiary/aromatic N) is 3. The zero-order valence-electron chi connectivity index (χ0n) is 10.5. The van der Waals surface area contributed by atoms with Crippen LogP contribution >= 0.6 is 0 Å². The van der Waals surface area contributed by atoms with Crippen molar-refractivity contribution in [2.45, 2.75) is 33.2 Å². The Kier molecular flexibility index (Phi) is 3.24. The molecule has 1 atom stereocenters. The summed E-state index contributed by atoms with van der Waals surface area (Å²) in [6.07, 6.45) is 0.975. The van der Waals surface area contributed by atoms with E-state index < -0.39 is 0 Å². The monoisotopic (exact) mass is 230 g/mol. The molecule has 2 aromatic rings. The lowest BCUT2D eigenvalue weighted by molar-refractivity contribution is 0.754. The normalized spacial score (nSPS) is 12.7. The van der Waals surface area contributed by atoms with E-state index in [1.165, 1.54) is 5.56 Å². The number of nitrogens with two attached hydrogens (primary N) is 1. The maximum atomic E-state index is 5.86. The first-order valence-corrected chi connectivity index (χ1v) is 5.91. The van der Waals surface area contributed by atoms with Crippen LogP contribution in [-0.2, 0) is 6.42 Å². The van der Waals surface area contributed by atoms with Gasteiger partial charge in [0, 0.05) is 6.04 Å². The predicted octanol–water partition coefficient (Wildman–Crippen LogP) is 2.16. The van der Waals surface area contributed by atoms with Crippen molar-refractivity contribution in [1.82, 2.24) is 15.0 Å². The Balaban J connectivity index is 2.53. The number of hydrogen-bond donors (Lipinski definition) is 1. The van der Waals surface area contributed by atoms with Crippen molar-refractivity contribution in [3.05, 3.63) is 41.2 Å². The molecule has 0 aliphatic heterocycles. The van der Waals surface area contributed by atoms with E-state index in [0.717, 1.165) is 23.5 Å². The minimum Gasteiger partial charge on any atom is -0.323 e. The lowest BCUT2D eigenvalue weighted by Crippen LogP contribution is -2.08. The fourth-order valence-electron chi connectivity index (χ4n) is 2.01. The summed E-state index contributed by atoms with van der Waals surface area (Å²) in [6, 6.07) is 8.15.